The van der Waals surface area contributed by atoms with Crippen molar-refractivity contribution in [3.8, 4) is 12.1 Å². The molecule has 0 aliphatic carbocycles. The Morgan fingerprint density at radius 2 is 1.90 bits per heavy atom. The van der Waals surface area contributed by atoms with Gasteiger partial charge in [-0.25, -0.2) is 8.42 Å². The standard InChI is InChI=1S/C13H11N5O2S/c1-18-8-12(7-15)13(16-18)17-21(19,20)9-11-5-3-2-4-10(11)6-14/h2-5,8H,9H2,1H3,(H,16,17). The second-order valence-electron chi connectivity index (χ2n) is 4.31. The third-order valence-corrected chi connectivity index (χ3v) is 3.88. The number of aryl methyl sites for hydroxylation is 1. The van der Waals surface area contributed by atoms with Crippen LogP contribution in [0.4, 0.5) is 5.82 Å². The van der Waals surface area contributed by atoms with Gasteiger partial charge in [0.05, 0.1) is 17.4 Å². The molecule has 0 saturated heterocycles. The van der Waals surface area contributed by atoms with Crippen molar-refractivity contribution in [3.05, 3.63) is 47.2 Å². The molecule has 1 N–H and O–H groups in total. The van der Waals surface area contributed by atoms with Gasteiger partial charge in [-0.2, -0.15) is 15.6 Å². The number of benzene rings is 1. The van der Waals surface area contributed by atoms with Crippen LogP contribution in [0.5, 0.6) is 0 Å². The summed E-state index contributed by atoms with van der Waals surface area (Å²) < 4.78 is 27.9. The smallest absolute Gasteiger partial charge is 0.238 e. The highest BCUT2D eigenvalue weighted by molar-refractivity contribution is 7.91. The van der Waals surface area contributed by atoms with Gasteiger partial charge in [0, 0.05) is 13.2 Å². The van der Waals surface area contributed by atoms with Crippen LogP contribution in [0.2, 0.25) is 0 Å². The minimum Gasteiger partial charge on any atom is -0.272 e. The zero-order valence-corrected chi connectivity index (χ0v) is 11.9. The molecule has 1 aromatic heterocycles. The second-order valence-corrected chi connectivity index (χ2v) is 6.03. The molecule has 106 valence electrons. The highest BCUT2D eigenvalue weighted by atomic mass is 32.2. The third-order valence-electron chi connectivity index (χ3n) is 2.68. The van der Waals surface area contributed by atoms with Gasteiger partial charge in [-0.05, 0) is 11.6 Å². The van der Waals surface area contributed by atoms with E-state index in [9.17, 15) is 8.42 Å². The molecule has 0 amide bonds. The fraction of sp³-hybridized carbons (Fsp3) is 0.154. The maximum absolute atomic E-state index is 12.1. The third kappa shape index (κ3) is 3.38. The number of nitrogens with one attached hydrogen (secondary N) is 1. The summed E-state index contributed by atoms with van der Waals surface area (Å²) in [5.74, 6) is -0.382. The Morgan fingerprint density at radius 3 is 2.57 bits per heavy atom. The van der Waals surface area contributed by atoms with E-state index in [1.165, 1.54) is 10.9 Å². The van der Waals surface area contributed by atoms with Crippen molar-refractivity contribution in [1.82, 2.24) is 9.78 Å². The molecule has 7 nitrogen and oxygen atoms in total. The molecule has 0 saturated carbocycles. The van der Waals surface area contributed by atoms with E-state index in [2.05, 4.69) is 9.82 Å². The molecule has 0 radical (unpaired) electrons. The molecular weight excluding hydrogens is 290 g/mol. The van der Waals surface area contributed by atoms with E-state index in [0.29, 0.717) is 11.1 Å². The molecule has 0 fully saturated rings. The van der Waals surface area contributed by atoms with Gasteiger partial charge >= 0.3 is 0 Å². The number of anilines is 1. The summed E-state index contributed by atoms with van der Waals surface area (Å²) in [6.45, 7) is 0. The fourth-order valence-corrected chi connectivity index (χ4v) is 2.97. The van der Waals surface area contributed by atoms with Gasteiger partial charge < -0.3 is 0 Å². The lowest BCUT2D eigenvalue weighted by atomic mass is 10.1. The van der Waals surface area contributed by atoms with Gasteiger partial charge in [0.15, 0.2) is 5.82 Å². The minimum atomic E-state index is -3.77. The number of sulfonamides is 1. The lowest BCUT2D eigenvalue weighted by Crippen LogP contribution is -2.16. The number of nitrogens with zero attached hydrogens (tertiary/aromatic N) is 4. The average molecular weight is 301 g/mol. The number of hydrogen-bond donors (Lipinski definition) is 1. The zero-order chi connectivity index (χ0) is 15.5. The Kier molecular flexibility index (Phi) is 3.92. The molecule has 0 spiro atoms. The van der Waals surface area contributed by atoms with E-state index in [4.69, 9.17) is 10.5 Å². The summed E-state index contributed by atoms with van der Waals surface area (Å²) >= 11 is 0. The minimum absolute atomic E-state index is 0.0190. The van der Waals surface area contributed by atoms with Crippen LogP contribution in [0.1, 0.15) is 16.7 Å². The van der Waals surface area contributed by atoms with Gasteiger partial charge in [0.25, 0.3) is 0 Å². The Hall–Kier alpha value is -2.84. The second kappa shape index (κ2) is 5.65. The largest absolute Gasteiger partial charge is 0.272 e. The van der Waals surface area contributed by atoms with E-state index in [-0.39, 0.29) is 17.1 Å². The average Bonchev–Trinajstić information content (AvgIpc) is 2.78. The van der Waals surface area contributed by atoms with Crippen molar-refractivity contribution in [2.75, 3.05) is 4.72 Å². The molecule has 0 aliphatic rings. The first-order valence-electron chi connectivity index (χ1n) is 5.87. The lowest BCUT2D eigenvalue weighted by molar-refractivity contribution is 0.600. The summed E-state index contributed by atoms with van der Waals surface area (Å²) in [6, 6.07) is 10.2. The summed E-state index contributed by atoms with van der Waals surface area (Å²) in [4.78, 5) is 0. The van der Waals surface area contributed by atoms with Crippen LogP contribution in [0.15, 0.2) is 30.5 Å². The molecule has 1 aromatic carbocycles. The normalized spacial score (nSPS) is 10.6. The topological polar surface area (TPSA) is 112 Å². The van der Waals surface area contributed by atoms with Crippen LogP contribution in [0.25, 0.3) is 0 Å². The van der Waals surface area contributed by atoms with Crippen LogP contribution in [0.3, 0.4) is 0 Å². The summed E-state index contributed by atoms with van der Waals surface area (Å²) in [5.41, 5.74) is 0.820. The summed E-state index contributed by atoms with van der Waals surface area (Å²) in [7, 11) is -2.18. The van der Waals surface area contributed by atoms with Crippen LogP contribution in [-0.2, 0) is 22.8 Å². The lowest BCUT2D eigenvalue weighted by Gasteiger charge is -2.07. The van der Waals surface area contributed by atoms with Crippen LogP contribution < -0.4 is 4.72 Å². The molecule has 0 aliphatic heterocycles. The molecule has 0 unspecified atom stereocenters. The number of nitriles is 2. The Bertz CT molecular complexity index is 855. The Labute approximate surface area is 122 Å². The van der Waals surface area contributed by atoms with Crippen molar-refractivity contribution in [1.29, 1.82) is 10.5 Å². The van der Waals surface area contributed by atoms with Crippen molar-refractivity contribution in [2.24, 2.45) is 7.05 Å². The predicted octanol–water partition coefficient (Wildman–Crippen LogP) is 1.11. The van der Waals surface area contributed by atoms with E-state index in [1.807, 2.05) is 12.1 Å². The van der Waals surface area contributed by atoms with E-state index >= 15 is 0 Å². The molecule has 21 heavy (non-hydrogen) atoms. The van der Waals surface area contributed by atoms with E-state index < -0.39 is 10.0 Å². The van der Waals surface area contributed by atoms with E-state index in [1.54, 1.807) is 31.3 Å². The van der Waals surface area contributed by atoms with Crippen molar-refractivity contribution in [2.45, 2.75) is 5.75 Å². The first-order chi connectivity index (χ1) is 9.95. The molecule has 0 atom stereocenters. The maximum atomic E-state index is 12.1. The summed E-state index contributed by atoms with van der Waals surface area (Å²) in [6.07, 6.45) is 1.42. The van der Waals surface area contributed by atoms with Crippen LogP contribution in [0, 0.1) is 22.7 Å². The predicted molar refractivity (Wildman–Crippen MR) is 75.3 cm³/mol. The van der Waals surface area contributed by atoms with Gasteiger partial charge in [0.1, 0.15) is 11.6 Å². The molecule has 2 aromatic rings. The summed E-state index contributed by atoms with van der Waals surface area (Å²) in [5, 5.41) is 21.8. The molecule has 8 heteroatoms. The highest BCUT2D eigenvalue weighted by Crippen LogP contribution is 2.16. The SMILES string of the molecule is Cn1cc(C#N)c(NS(=O)(=O)Cc2ccccc2C#N)n1. The van der Waals surface area contributed by atoms with Crippen molar-refractivity contribution in [3.63, 3.8) is 0 Å². The van der Waals surface area contributed by atoms with Gasteiger partial charge in [0.2, 0.25) is 10.0 Å². The molecule has 1 heterocycles. The van der Waals surface area contributed by atoms with Gasteiger partial charge in [-0.15, -0.1) is 0 Å². The molecular formula is C13H11N5O2S. The number of aromatic nitrogens is 2. The van der Waals surface area contributed by atoms with E-state index in [0.717, 1.165) is 0 Å². The van der Waals surface area contributed by atoms with Gasteiger partial charge in [-0.1, -0.05) is 18.2 Å². The highest BCUT2D eigenvalue weighted by Gasteiger charge is 2.18. The first kappa shape index (κ1) is 14.6. The monoisotopic (exact) mass is 301 g/mol. The quantitative estimate of drug-likeness (QED) is 0.909. The fourth-order valence-electron chi connectivity index (χ4n) is 1.79. The number of hydrogen-bond acceptors (Lipinski definition) is 5. The molecule has 0 bridgehead atoms. The van der Waals surface area contributed by atoms with Crippen LogP contribution in [-0.4, -0.2) is 18.2 Å². The first-order valence-corrected chi connectivity index (χ1v) is 7.52. The maximum Gasteiger partial charge on any atom is 0.238 e. The van der Waals surface area contributed by atoms with Crippen molar-refractivity contribution >= 4 is 15.8 Å². The van der Waals surface area contributed by atoms with Gasteiger partial charge in [-0.3, -0.25) is 9.40 Å². The number of rotatable bonds is 4. The zero-order valence-electron chi connectivity index (χ0n) is 11.1. The Morgan fingerprint density at radius 1 is 1.24 bits per heavy atom. The Balaban J connectivity index is 2.28. The van der Waals surface area contributed by atoms with Crippen LogP contribution >= 0.6 is 0 Å². The van der Waals surface area contributed by atoms with Crippen molar-refractivity contribution < 1.29 is 8.42 Å². The molecule has 2 rings (SSSR count).